The lowest BCUT2D eigenvalue weighted by Gasteiger charge is -2.42. The number of carbonyl (C=O) groups excluding carboxylic acids is 2. The predicted octanol–water partition coefficient (Wildman–Crippen LogP) is 8.49. The number of hydrogen-bond acceptors (Lipinski definition) is 15. The SMILES string of the molecule is CCCCC/C=C/C/C=C/CCCCCCCC(=O)OC[C@H](CO[C@H]1O[C@@H](CO[C@H]2O[C@@H](CO)[C@@H](O)C(O)C2O)[C@@H](O)C(O)C1O)OC(=O)CCCCCCCCCCC/C=C/CCCCCCCC. The van der Waals surface area contributed by atoms with Gasteiger partial charge in [0.25, 0.3) is 0 Å². The molecule has 0 spiro atoms. The summed E-state index contributed by atoms with van der Waals surface area (Å²) in [5.41, 5.74) is 0. The second-order valence-electron chi connectivity index (χ2n) is 19.4. The molecule has 0 amide bonds. The lowest BCUT2D eigenvalue weighted by Crippen LogP contribution is -2.61. The summed E-state index contributed by atoms with van der Waals surface area (Å²) >= 11 is 0. The van der Waals surface area contributed by atoms with Crippen molar-refractivity contribution in [2.45, 2.75) is 274 Å². The Morgan fingerprint density at radius 2 is 0.857 bits per heavy atom. The Kier molecular flexibility index (Phi) is 38.4. The Balaban J connectivity index is 1.78. The monoisotopic (exact) mass is 999 g/mol. The van der Waals surface area contributed by atoms with E-state index in [1.165, 1.54) is 96.3 Å². The van der Waals surface area contributed by atoms with E-state index >= 15 is 0 Å². The minimum absolute atomic E-state index is 0.160. The van der Waals surface area contributed by atoms with Crippen molar-refractivity contribution in [3.63, 3.8) is 0 Å². The van der Waals surface area contributed by atoms with Gasteiger partial charge in [0.05, 0.1) is 19.8 Å². The van der Waals surface area contributed by atoms with Crippen LogP contribution in [0, 0.1) is 0 Å². The molecule has 2 aliphatic rings. The van der Waals surface area contributed by atoms with Crippen LogP contribution in [0.15, 0.2) is 36.5 Å². The summed E-state index contributed by atoms with van der Waals surface area (Å²) < 4.78 is 33.6. The molecule has 0 bridgehead atoms. The second-order valence-corrected chi connectivity index (χ2v) is 19.4. The third-order valence-electron chi connectivity index (χ3n) is 13.1. The average Bonchev–Trinajstić information content (AvgIpc) is 3.35. The van der Waals surface area contributed by atoms with Gasteiger partial charge in [0.2, 0.25) is 0 Å². The first-order valence-electron chi connectivity index (χ1n) is 27.6. The number of aliphatic hydroxyl groups excluding tert-OH is 7. The molecule has 70 heavy (non-hydrogen) atoms. The normalized spacial score (nSPS) is 25.6. The van der Waals surface area contributed by atoms with Crippen LogP contribution in [0.25, 0.3) is 0 Å². The van der Waals surface area contributed by atoms with E-state index in [0.717, 1.165) is 70.6 Å². The van der Waals surface area contributed by atoms with Gasteiger partial charge < -0.3 is 64.2 Å². The Morgan fingerprint density at radius 3 is 1.37 bits per heavy atom. The number of rotatable bonds is 43. The predicted molar refractivity (Wildman–Crippen MR) is 270 cm³/mol. The Labute approximate surface area is 421 Å². The molecule has 0 saturated carbocycles. The maximum Gasteiger partial charge on any atom is 0.306 e. The zero-order valence-corrected chi connectivity index (χ0v) is 43.3. The lowest BCUT2D eigenvalue weighted by molar-refractivity contribution is -0.332. The van der Waals surface area contributed by atoms with Crippen molar-refractivity contribution in [1.82, 2.24) is 0 Å². The number of carbonyl (C=O) groups is 2. The first kappa shape index (κ1) is 63.8. The molecule has 0 aromatic carbocycles. The van der Waals surface area contributed by atoms with E-state index in [0.29, 0.717) is 12.8 Å². The molecule has 408 valence electrons. The number of allylic oxidation sites excluding steroid dienone is 6. The minimum Gasteiger partial charge on any atom is -0.462 e. The molecule has 0 aromatic rings. The quantitative estimate of drug-likeness (QED) is 0.0173. The average molecular weight is 999 g/mol. The van der Waals surface area contributed by atoms with E-state index in [4.69, 9.17) is 28.4 Å². The van der Waals surface area contributed by atoms with E-state index in [1.54, 1.807) is 0 Å². The van der Waals surface area contributed by atoms with Gasteiger partial charge in [-0.1, -0.05) is 159 Å². The van der Waals surface area contributed by atoms with Gasteiger partial charge in [0.1, 0.15) is 55.4 Å². The first-order chi connectivity index (χ1) is 34.0. The molecule has 7 N–H and O–H groups in total. The molecule has 0 aromatic heterocycles. The summed E-state index contributed by atoms with van der Waals surface area (Å²) in [5.74, 6) is -0.939. The highest BCUT2D eigenvalue weighted by molar-refractivity contribution is 5.70. The molecule has 2 rings (SSSR count). The molecular weight excluding hydrogens is 901 g/mol. The highest BCUT2D eigenvalue weighted by Gasteiger charge is 2.47. The molecule has 2 aliphatic heterocycles. The topological polar surface area (TPSA) is 231 Å². The molecule has 4 unspecified atom stereocenters. The minimum atomic E-state index is -1.77. The lowest BCUT2D eigenvalue weighted by atomic mass is 9.98. The standard InChI is InChI=1S/C55H98O15/c1-3-5-7-9-11-13-15-17-19-20-21-22-24-26-28-30-32-34-36-38-47(58)68-43(40-65-46(57)37-35-33-31-29-27-25-23-18-16-14-12-10-8-6-4-2)41-66-54-53(64)51(62)49(60)45(70-54)42-67-55-52(63)50(61)48(59)44(39-56)69-55/h12,14,17-19,23,43-45,48-56,59-64H,3-11,13,15-16,20-22,24-42H2,1-2H3/b14-12+,19-17+,23-18+/t43-,44+,45+,48-,49-,50?,51?,52?,53?,54+,55+/m1/s1. The van der Waals surface area contributed by atoms with Crippen LogP contribution in [0.2, 0.25) is 0 Å². The summed E-state index contributed by atoms with van der Waals surface area (Å²) in [6, 6.07) is 0. The number of ether oxygens (including phenoxy) is 6. The van der Waals surface area contributed by atoms with Crippen LogP contribution < -0.4 is 0 Å². The fraction of sp³-hybridized carbons (Fsp3) is 0.855. The van der Waals surface area contributed by atoms with Crippen LogP contribution in [-0.4, -0.2) is 142 Å². The highest BCUT2D eigenvalue weighted by atomic mass is 16.7. The van der Waals surface area contributed by atoms with Crippen LogP contribution in [0.5, 0.6) is 0 Å². The summed E-state index contributed by atoms with van der Waals surface area (Å²) in [5, 5.41) is 72.2. The number of esters is 2. The van der Waals surface area contributed by atoms with Gasteiger partial charge in [-0.25, -0.2) is 0 Å². The van der Waals surface area contributed by atoms with Crippen LogP contribution in [0.1, 0.15) is 206 Å². The maximum absolute atomic E-state index is 13.0. The highest BCUT2D eigenvalue weighted by Crippen LogP contribution is 2.26. The first-order valence-corrected chi connectivity index (χ1v) is 27.6. The van der Waals surface area contributed by atoms with Crippen molar-refractivity contribution in [2.24, 2.45) is 0 Å². The van der Waals surface area contributed by atoms with E-state index in [-0.39, 0.29) is 26.1 Å². The molecule has 2 heterocycles. The Bertz CT molecular complexity index is 1360. The Hall–Kier alpha value is -2.28. The second kappa shape index (κ2) is 42.1. The zero-order chi connectivity index (χ0) is 51.0. The molecule has 15 nitrogen and oxygen atoms in total. The van der Waals surface area contributed by atoms with Gasteiger partial charge in [0.15, 0.2) is 18.7 Å². The van der Waals surface area contributed by atoms with E-state index < -0.39 is 92.7 Å². The van der Waals surface area contributed by atoms with Crippen molar-refractivity contribution in [1.29, 1.82) is 0 Å². The van der Waals surface area contributed by atoms with Crippen LogP contribution in [0.3, 0.4) is 0 Å². The summed E-state index contributed by atoms with van der Waals surface area (Å²) in [6.45, 7) is 2.56. The fourth-order valence-corrected chi connectivity index (χ4v) is 8.54. The van der Waals surface area contributed by atoms with Gasteiger partial charge in [-0.15, -0.1) is 0 Å². The van der Waals surface area contributed by atoms with E-state index in [9.17, 15) is 45.3 Å². The smallest absolute Gasteiger partial charge is 0.306 e. The van der Waals surface area contributed by atoms with Gasteiger partial charge >= 0.3 is 11.9 Å². The van der Waals surface area contributed by atoms with Crippen molar-refractivity contribution >= 4 is 11.9 Å². The van der Waals surface area contributed by atoms with Crippen LogP contribution in [-0.2, 0) is 38.0 Å². The molecule has 0 aliphatic carbocycles. The Morgan fingerprint density at radius 1 is 0.457 bits per heavy atom. The van der Waals surface area contributed by atoms with Crippen LogP contribution in [0.4, 0.5) is 0 Å². The molecule has 2 saturated heterocycles. The van der Waals surface area contributed by atoms with Gasteiger partial charge in [-0.05, 0) is 70.6 Å². The molecule has 15 heteroatoms. The number of aliphatic hydroxyl groups is 7. The third kappa shape index (κ3) is 29.4. The molecule has 2 fully saturated rings. The number of hydrogen-bond donors (Lipinski definition) is 7. The largest absolute Gasteiger partial charge is 0.462 e. The summed E-state index contributed by atoms with van der Waals surface area (Å²) in [6.07, 6.45) is 28.8. The van der Waals surface area contributed by atoms with Crippen molar-refractivity contribution in [2.75, 3.05) is 26.4 Å². The molecule has 11 atom stereocenters. The summed E-state index contributed by atoms with van der Waals surface area (Å²) in [7, 11) is 0. The van der Waals surface area contributed by atoms with E-state index in [1.807, 2.05) is 0 Å². The van der Waals surface area contributed by atoms with Gasteiger partial charge in [-0.3, -0.25) is 9.59 Å². The van der Waals surface area contributed by atoms with Crippen molar-refractivity contribution in [3.8, 4) is 0 Å². The van der Waals surface area contributed by atoms with Gasteiger partial charge in [-0.2, -0.15) is 0 Å². The van der Waals surface area contributed by atoms with Crippen molar-refractivity contribution in [3.05, 3.63) is 36.5 Å². The maximum atomic E-state index is 13.0. The molecule has 0 radical (unpaired) electrons. The zero-order valence-electron chi connectivity index (χ0n) is 43.3. The van der Waals surface area contributed by atoms with Gasteiger partial charge in [0, 0.05) is 12.8 Å². The van der Waals surface area contributed by atoms with E-state index in [2.05, 4.69) is 50.3 Å². The third-order valence-corrected chi connectivity index (χ3v) is 13.1. The molecular formula is C55H98O15. The van der Waals surface area contributed by atoms with Crippen LogP contribution >= 0.6 is 0 Å². The fourth-order valence-electron chi connectivity index (χ4n) is 8.54. The summed E-state index contributed by atoms with van der Waals surface area (Å²) in [4.78, 5) is 25.8. The van der Waals surface area contributed by atoms with Crippen molar-refractivity contribution < 1.29 is 73.8 Å². The number of unbranched alkanes of at least 4 members (excludes halogenated alkanes) is 23.